The van der Waals surface area contributed by atoms with Gasteiger partial charge in [-0.05, 0) is 36.8 Å². The molecule has 0 saturated carbocycles. The lowest BCUT2D eigenvalue weighted by atomic mass is 10.1. The molecule has 0 amide bonds. The highest BCUT2D eigenvalue weighted by Crippen LogP contribution is 2.41. The molecular weight excluding hydrogens is 588 g/mol. The van der Waals surface area contributed by atoms with Crippen molar-refractivity contribution in [3.63, 3.8) is 0 Å². The molecule has 0 bridgehead atoms. The van der Waals surface area contributed by atoms with Gasteiger partial charge in [-0.25, -0.2) is 4.57 Å². The summed E-state index contributed by atoms with van der Waals surface area (Å²) >= 11 is 24.7. The Labute approximate surface area is 228 Å². The molecule has 182 valence electrons. The molecule has 0 spiro atoms. The fourth-order valence-corrected chi connectivity index (χ4v) is 4.91. The number of ketones is 1. The SMILES string of the molecule is CCCC1COC(Cn2c[n+](CC(=O)c3ccc(Cl)cc3Cl)cn2)(c2ccc(Cl)cc2Cl)O1.[Br-]. The summed E-state index contributed by atoms with van der Waals surface area (Å²) in [5.74, 6) is -1.28. The molecule has 1 aliphatic rings. The van der Waals surface area contributed by atoms with Crippen molar-refractivity contribution < 1.29 is 35.8 Å². The van der Waals surface area contributed by atoms with Gasteiger partial charge in [0.15, 0.2) is 12.3 Å². The highest BCUT2D eigenvalue weighted by atomic mass is 79.9. The van der Waals surface area contributed by atoms with Crippen molar-refractivity contribution in [1.82, 2.24) is 9.78 Å². The monoisotopic (exact) mass is 607 g/mol. The van der Waals surface area contributed by atoms with Gasteiger partial charge in [0.2, 0.25) is 12.1 Å². The van der Waals surface area contributed by atoms with Crippen LogP contribution in [0, 0.1) is 0 Å². The molecule has 3 aromatic rings. The topological polar surface area (TPSA) is 57.2 Å². The molecule has 1 aliphatic heterocycles. The van der Waals surface area contributed by atoms with Crippen LogP contribution < -0.4 is 21.5 Å². The van der Waals surface area contributed by atoms with E-state index in [1.807, 2.05) is 6.07 Å². The van der Waals surface area contributed by atoms with Crippen LogP contribution in [0.5, 0.6) is 0 Å². The number of hydrogen-bond acceptors (Lipinski definition) is 4. The van der Waals surface area contributed by atoms with E-state index in [4.69, 9.17) is 55.9 Å². The van der Waals surface area contributed by atoms with Gasteiger partial charge >= 0.3 is 0 Å². The quantitative estimate of drug-likeness (QED) is 0.291. The van der Waals surface area contributed by atoms with Crippen LogP contribution in [-0.4, -0.2) is 28.3 Å². The Morgan fingerprint density at radius 2 is 1.85 bits per heavy atom. The largest absolute Gasteiger partial charge is 1.00 e. The molecule has 0 aliphatic carbocycles. The number of aromatic nitrogens is 3. The first-order chi connectivity index (χ1) is 15.8. The molecule has 4 rings (SSSR count). The van der Waals surface area contributed by atoms with E-state index in [9.17, 15) is 4.79 Å². The van der Waals surface area contributed by atoms with Crippen molar-refractivity contribution in [2.24, 2.45) is 0 Å². The minimum absolute atomic E-state index is 0. The summed E-state index contributed by atoms with van der Waals surface area (Å²) in [6, 6.07) is 10.0. The number of rotatable bonds is 8. The molecule has 11 heteroatoms. The molecule has 34 heavy (non-hydrogen) atoms. The summed E-state index contributed by atoms with van der Waals surface area (Å²) in [6.45, 7) is 2.86. The first kappa shape index (κ1) is 27.4. The van der Waals surface area contributed by atoms with E-state index in [0.717, 1.165) is 12.8 Å². The van der Waals surface area contributed by atoms with Crippen molar-refractivity contribution in [3.05, 3.63) is 80.3 Å². The number of ether oxygens (including phenoxy) is 2. The van der Waals surface area contributed by atoms with Gasteiger partial charge in [-0.3, -0.25) is 4.79 Å². The number of halogens is 5. The zero-order valence-corrected chi connectivity index (χ0v) is 22.8. The summed E-state index contributed by atoms with van der Waals surface area (Å²) < 4.78 is 15.9. The number of Topliss-reactive ketones (excluding diaryl/α,β-unsaturated/α-hetero) is 1. The van der Waals surface area contributed by atoms with E-state index in [2.05, 4.69) is 12.0 Å². The summed E-state index contributed by atoms with van der Waals surface area (Å²) in [5, 5.41) is 6.16. The summed E-state index contributed by atoms with van der Waals surface area (Å²) in [4.78, 5) is 12.7. The second-order valence-corrected chi connectivity index (χ2v) is 9.57. The van der Waals surface area contributed by atoms with Gasteiger partial charge in [-0.2, -0.15) is 0 Å². The highest BCUT2D eigenvalue weighted by Gasteiger charge is 2.46. The van der Waals surface area contributed by atoms with E-state index in [0.29, 0.717) is 37.8 Å². The van der Waals surface area contributed by atoms with E-state index in [-0.39, 0.29) is 42.0 Å². The number of nitrogens with zero attached hydrogens (tertiary/aromatic N) is 3. The maximum absolute atomic E-state index is 12.7. The van der Waals surface area contributed by atoms with Gasteiger partial charge in [0, 0.05) is 26.3 Å². The third kappa shape index (κ3) is 6.13. The highest BCUT2D eigenvalue weighted by molar-refractivity contribution is 6.37. The molecule has 2 aromatic carbocycles. The Morgan fingerprint density at radius 1 is 1.15 bits per heavy atom. The van der Waals surface area contributed by atoms with Gasteiger partial charge in [0.25, 0.3) is 6.33 Å². The number of carbonyl (C=O) groups excluding carboxylic acids is 1. The number of benzene rings is 2. The lowest BCUT2D eigenvalue weighted by Crippen LogP contribution is -3.00. The van der Waals surface area contributed by atoms with Crippen molar-refractivity contribution in [1.29, 1.82) is 0 Å². The molecule has 2 atom stereocenters. The fourth-order valence-electron chi connectivity index (χ4n) is 3.84. The second-order valence-electron chi connectivity index (χ2n) is 7.88. The van der Waals surface area contributed by atoms with Crippen molar-refractivity contribution in [2.45, 2.75) is 44.7 Å². The lowest BCUT2D eigenvalue weighted by Gasteiger charge is -2.27. The minimum Gasteiger partial charge on any atom is -1.00 e. The van der Waals surface area contributed by atoms with Crippen LogP contribution in [0.3, 0.4) is 0 Å². The molecule has 1 aromatic heterocycles. The summed E-state index contributed by atoms with van der Waals surface area (Å²) in [7, 11) is 0. The zero-order valence-electron chi connectivity index (χ0n) is 18.2. The second kappa shape index (κ2) is 11.7. The molecule has 0 radical (unpaired) electrons. The van der Waals surface area contributed by atoms with Crippen LogP contribution in [0.2, 0.25) is 20.1 Å². The minimum atomic E-state index is -1.12. The standard InChI is InChI=1S/C23H22Cl4N3O3.BrH/c1-2-3-17-11-32-23(33-17,19-7-5-16(25)9-21(19)27)12-30-14-29(13-28-30)10-22(31)18-6-4-15(24)8-20(18)26;/h4-9,13-14,17H,2-3,10-12H2,1H3;1H/q+1;/p-1. The van der Waals surface area contributed by atoms with Crippen molar-refractivity contribution in [3.8, 4) is 0 Å². The van der Waals surface area contributed by atoms with E-state index < -0.39 is 5.79 Å². The van der Waals surface area contributed by atoms with Gasteiger partial charge in [-0.15, -0.1) is 4.68 Å². The van der Waals surface area contributed by atoms with Crippen LogP contribution in [0.25, 0.3) is 0 Å². The van der Waals surface area contributed by atoms with Gasteiger partial charge in [-0.1, -0.05) is 65.8 Å². The molecule has 2 heterocycles. The zero-order chi connectivity index (χ0) is 23.6. The fraction of sp³-hybridized carbons (Fsp3) is 0.348. The molecule has 2 unspecified atom stereocenters. The van der Waals surface area contributed by atoms with Crippen LogP contribution in [-0.2, 0) is 28.4 Å². The average Bonchev–Trinajstić information content (AvgIpc) is 3.35. The Morgan fingerprint density at radius 3 is 2.53 bits per heavy atom. The van der Waals surface area contributed by atoms with E-state index in [1.165, 1.54) is 0 Å². The Bertz CT molecular complexity index is 1180. The normalized spacial score (nSPS) is 19.7. The number of hydrogen-bond donors (Lipinski definition) is 0. The number of carbonyl (C=O) groups is 1. The van der Waals surface area contributed by atoms with Crippen LogP contribution in [0.15, 0.2) is 49.1 Å². The van der Waals surface area contributed by atoms with Gasteiger partial charge in [0.05, 0.1) is 22.8 Å². The first-order valence-corrected chi connectivity index (χ1v) is 12.0. The Balaban J connectivity index is 0.00000324. The maximum atomic E-state index is 12.7. The van der Waals surface area contributed by atoms with Gasteiger partial charge in [0.1, 0.15) is 6.54 Å². The van der Waals surface area contributed by atoms with E-state index in [1.54, 1.807) is 52.2 Å². The molecule has 1 fully saturated rings. The van der Waals surface area contributed by atoms with Crippen molar-refractivity contribution >= 4 is 52.2 Å². The van der Waals surface area contributed by atoms with Gasteiger partial charge < -0.3 is 26.5 Å². The molecular formula is C23H22BrCl4N3O3. The predicted molar refractivity (Wildman–Crippen MR) is 127 cm³/mol. The third-order valence-electron chi connectivity index (χ3n) is 5.37. The van der Waals surface area contributed by atoms with Crippen LogP contribution in [0.1, 0.15) is 35.7 Å². The molecule has 6 nitrogen and oxygen atoms in total. The van der Waals surface area contributed by atoms with Crippen LogP contribution in [0.4, 0.5) is 0 Å². The van der Waals surface area contributed by atoms with E-state index >= 15 is 0 Å². The van der Waals surface area contributed by atoms with Crippen molar-refractivity contribution in [2.75, 3.05) is 6.61 Å². The lowest BCUT2D eigenvalue weighted by molar-refractivity contribution is -0.684. The first-order valence-electron chi connectivity index (χ1n) is 10.5. The summed E-state index contributed by atoms with van der Waals surface area (Å²) in [6.07, 6.45) is 5.06. The molecule has 1 saturated heterocycles. The maximum Gasteiger partial charge on any atom is 0.265 e. The average molecular weight is 610 g/mol. The van der Waals surface area contributed by atoms with Crippen LogP contribution >= 0.6 is 46.4 Å². The third-order valence-corrected chi connectivity index (χ3v) is 6.46. The smallest absolute Gasteiger partial charge is 0.265 e. The Kier molecular flexibility index (Phi) is 9.43. The summed E-state index contributed by atoms with van der Waals surface area (Å²) in [5.41, 5.74) is 1.08. The Hall–Kier alpha value is -1.19. The molecule has 0 N–H and O–H groups in total. The predicted octanol–water partition coefficient (Wildman–Crippen LogP) is 2.74.